The molecule has 1 aromatic rings. The minimum absolute atomic E-state index is 0.158. The molecule has 3 N–H and O–H groups in total. The first-order chi connectivity index (χ1) is 9.10. The molecular formula is C14H19FN2O2. The lowest BCUT2D eigenvalue weighted by atomic mass is 9.91. The van der Waals surface area contributed by atoms with Crippen molar-refractivity contribution in [2.24, 2.45) is 5.73 Å². The Hall–Kier alpha value is -1.62. The van der Waals surface area contributed by atoms with E-state index in [-0.39, 0.29) is 17.9 Å². The van der Waals surface area contributed by atoms with E-state index in [1.54, 1.807) is 0 Å². The molecule has 2 rings (SSSR count). The summed E-state index contributed by atoms with van der Waals surface area (Å²) in [6.45, 7) is 0. The molecule has 0 amide bonds. The number of carbonyl (C=O) groups excluding carboxylic acids is 1. The highest BCUT2D eigenvalue weighted by atomic mass is 19.1. The van der Waals surface area contributed by atoms with E-state index in [1.165, 1.54) is 25.3 Å². The summed E-state index contributed by atoms with van der Waals surface area (Å²) in [5.41, 5.74) is 6.58. The van der Waals surface area contributed by atoms with Crippen molar-refractivity contribution in [3.63, 3.8) is 0 Å². The molecule has 5 heteroatoms. The smallest absolute Gasteiger partial charge is 0.337 e. The molecule has 104 valence electrons. The standard InChI is InChI=1S/C14H19FN2O2/c1-19-14(18)9-5-6-12(15)13(7-9)17-11-4-2-3-10(16)8-11/h5-7,10-11,17H,2-4,8,16H2,1H3. The molecule has 0 heterocycles. The van der Waals surface area contributed by atoms with Crippen LogP contribution in [0, 0.1) is 5.82 Å². The summed E-state index contributed by atoms with van der Waals surface area (Å²) in [4.78, 5) is 11.4. The molecule has 19 heavy (non-hydrogen) atoms. The van der Waals surface area contributed by atoms with Crippen LogP contribution < -0.4 is 11.1 Å². The molecule has 0 aromatic heterocycles. The summed E-state index contributed by atoms with van der Waals surface area (Å²) in [6, 6.07) is 4.50. The second-order valence-corrected chi connectivity index (χ2v) is 4.95. The van der Waals surface area contributed by atoms with Crippen molar-refractivity contribution in [2.45, 2.75) is 37.8 Å². The lowest BCUT2D eigenvalue weighted by Gasteiger charge is -2.28. The molecule has 0 spiro atoms. The highest BCUT2D eigenvalue weighted by Crippen LogP contribution is 2.24. The normalized spacial score (nSPS) is 22.9. The molecule has 1 aromatic carbocycles. The fraction of sp³-hybridized carbons (Fsp3) is 0.500. The Kier molecular flexibility index (Phi) is 4.37. The Labute approximate surface area is 112 Å². The van der Waals surface area contributed by atoms with Crippen LogP contribution in [0.15, 0.2) is 18.2 Å². The molecule has 0 aliphatic heterocycles. The minimum atomic E-state index is -0.469. The zero-order valence-corrected chi connectivity index (χ0v) is 11.0. The number of hydrogen-bond donors (Lipinski definition) is 2. The van der Waals surface area contributed by atoms with Crippen LogP contribution >= 0.6 is 0 Å². The number of hydrogen-bond acceptors (Lipinski definition) is 4. The van der Waals surface area contributed by atoms with Gasteiger partial charge in [-0.2, -0.15) is 0 Å². The Balaban J connectivity index is 2.12. The van der Waals surface area contributed by atoms with E-state index in [1.807, 2.05) is 0 Å². The van der Waals surface area contributed by atoms with Crippen molar-refractivity contribution in [3.05, 3.63) is 29.6 Å². The van der Waals surface area contributed by atoms with Crippen molar-refractivity contribution in [1.29, 1.82) is 0 Å². The predicted molar refractivity (Wildman–Crippen MR) is 71.6 cm³/mol. The number of ether oxygens (including phenoxy) is 1. The number of methoxy groups -OCH3 is 1. The van der Waals surface area contributed by atoms with E-state index < -0.39 is 5.97 Å². The van der Waals surface area contributed by atoms with Crippen molar-refractivity contribution in [1.82, 2.24) is 0 Å². The van der Waals surface area contributed by atoms with Gasteiger partial charge in [-0.15, -0.1) is 0 Å². The van der Waals surface area contributed by atoms with Crippen LogP contribution in [-0.4, -0.2) is 25.2 Å². The summed E-state index contributed by atoms with van der Waals surface area (Å²) >= 11 is 0. The average Bonchev–Trinajstić information content (AvgIpc) is 2.40. The zero-order valence-electron chi connectivity index (χ0n) is 11.0. The molecule has 1 aliphatic carbocycles. The quantitative estimate of drug-likeness (QED) is 0.824. The van der Waals surface area contributed by atoms with E-state index in [0.29, 0.717) is 11.3 Å². The third kappa shape index (κ3) is 3.44. The maximum Gasteiger partial charge on any atom is 0.337 e. The largest absolute Gasteiger partial charge is 0.465 e. The van der Waals surface area contributed by atoms with E-state index >= 15 is 0 Å². The summed E-state index contributed by atoms with van der Waals surface area (Å²) in [6.07, 6.45) is 3.84. The molecule has 2 unspecified atom stereocenters. The molecule has 1 fully saturated rings. The molecular weight excluding hydrogens is 247 g/mol. The van der Waals surface area contributed by atoms with E-state index in [4.69, 9.17) is 5.73 Å². The second kappa shape index (κ2) is 6.02. The molecule has 1 aliphatic rings. The van der Waals surface area contributed by atoms with Crippen LogP contribution in [0.1, 0.15) is 36.0 Å². The van der Waals surface area contributed by atoms with Gasteiger partial charge in [-0.05, 0) is 43.9 Å². The van der Waals surface area contributed by atoms with Gasteiger partial charge in [0.15, 0.2) is 0 Å². The Morgan fingerprint density at radius 2 is 2.26 bits per heavy atom. The first kappa shape index (κ1) is 13.8. The number of nitrogens with two attached hydrogens (primary N) is 1. The molecule has 1 saturated carbocycles. The summed E-state index contributed by atoms with van der Waals surface area (Å²) in [5.74, 6) is -0.838. The van der Waals surface area contributed by atoms with Gasteiger partial charge in [0.05, 0.1) is 18.4 Å². The predicted octanol–water partition coefficient (Wildman–Crippen LogP) is 2.29. The van der Waals surface area contributed by atoms with Crippen molar-refractivity contribution < 1.29 is 13.9 Å². The number of benzene rings is 1. The second-order valence-electron chi connectivity index (χ2n) is 4.95. The Bertz CT molecular complexity index is 465. The van der Waals surface area contributed by atoms with Gasteiger partial charge in [0.1, 0.15) is 5.82 Å². The van der Waals surface area contributed by atoms with Gasteiger partial charge in [-0.1, -0.05) is 0 Å². The number of halogens is 1. The van der Waals surface area contributed by atoms with Crippen LogP contribution in [0.2, 0.25) is 0 Å². The van der Waals surface area contributed by atoms with Crippen LogP contribution in [-0.2, 0) is 4.74 Å². The number of carbonyl (C=O) groups is 1. The number of anilines is 1. The van der Waals surface area contributed by atoms with Gasteiger partial charge >= 0.3 is 5.97 Å². The fourth-order valence-corrected chi connectivity index (χ4v) is 2.46. The SMILES string of the molecule is COC(=O)c1ccc(F)c(NC2CCCC(N)C2)c1. The van der Waals surface area contributed by atoms with E-state index in [0.717, 1.165) is 25.7 Å². The molecule has 0 bridgehead atoms. The first-order valence-corrected chi connectivity index (χ1v) is 6.50. The highest BCUT2D eigenvalue weighted by molar-refractivity contribution is 5.90. The third-order valence-corrected chi connectivity index (χ3v) is 3.46. The number of esters is 1. The molecule has 0 radical (unpaired) electrons. The Morgan fingerprint density at radius 1 is 1.47 bits per heavy atom. The zero-order chi connectivity index (χ0) is 13.8. The van der Waals surface area contributed by atoms with E-state index in [2.05, 4.69) is 10.1 Å². The maximum atomic E-state index is 13.7. The van der Waals surface area contributed by atoms with Gasteiger partial charge in [-0.25, -0.2) is 9.18 Å². The van der Waals surface area contributed by atoms with Crippen LogP contribution in [0.25, 0.3) is 0 Å². The number of nitrogens with one attached hydrogen (secondary N) is 1. The summed E-state index contributed by atoms with van der Waals surface area (Å²) in [5, 5.41) is 3.14. The van der Waals surface area contributed by atoms with Crippen molar-refractivity contribution in [2.75, 3.05) is 12.4 Å². The maximum absolute atomic E-state index is 13.7. The van der Waals surface area contributed by atoms with Gasteiger partial charge < -0.3 is 15.8 Å². The summed E-state index contributed by atoms with van der Waals surface area (Å²) < 4.78 is 18.4. The topological polar surface area (TPSA) is 64.3 Å². The van der Waals surface area contributed by atoms with Crippen molar-refractivity contribution in [3.8, 4) is 0 Å². The van der Waals surface area contributed by atoms with Gasteiger partial charge in [0.25, 0.3) is 0 Å². The molecule has 4 nitrogen and oxygen atoms in total. The lowest BCUT2D eigenvalue weighted by Crippen LogP contribution is -2.35. The van der Waals surface area contributed by atoms with Crippen LogP contribution in [0.3, 0.4) is 0 Å². The summed E-state index contributed by atoms with van der Waals surface area (Å²) in [7, 11) is 1.30. The number of rotatable bonds is 3. The minimum Gasteiger partial charge on any atom is -0.465 e. The van der Waals surface area contributed by atoms with Crippen LogP contribution in [0.4, 0.5) is 10.1 Å². The third-order valence-electron chi connectivity index (χ3n) is 3.46. The Morgan fingerprint density at radius 3 is 2.95 bits per heavy atom. The van der Waals surface area contributed by atoms with E-state index in [9.17, 15) is 9.18 Å². The lowest BCUT2D eigenvalue weighted by molar-refractivity contribution is 0.0600. The monoisotopic (exact) mass is 266 g/mol. The van der Waals surface area contributed by atoms with Crippen LogP contribution in [0.5, 0.6) is 0 Å². The first-order valence-electron chi connectivity index (χ1n) is 6.50. The van der Waals surface area contributed by atoms with Crippen molar-refractivity contribution >= 4 is 11.7 Å². The fourth-order valence-electron chi connectivity index (χ4n) is 2.46. The van der Waals surface area contributed by atoms with Gasteiger partial charge in [0, 0.05) is 12.1 Å². The average molecular weight is 266 g/mol. The molecule has 2 atom stereocenters. The molecule has 0 saturated heterocycles. The van der Waals surface area contributed by atoms with Gasteiger partial charge in [0.2, 0.25) is 0 Å². The highest BCUT2D eigenvalue weighted by Gasteiger charge is 2.20. The van der Waals surface area contributed by atoms with Gasteiger partial charge in [-0.3, -0.25) is 0 Å².